The van der Waals surface area contributed by atoms with Crippen LogP contribution in [0.5, 0.6) is 0 Å². The average molecular weight is 409 g/mol. The number of halogens is 1. The maximum absolute atomic E-state index is 5.16. The maximum Gasteiger partial charge on any atom is 0.128 e. The molecule has 0 amide bonds. The normalized spacial score (nSPS) is 11.3. The quantitative estimate of drug-likeness (QED) is 0.309. The number of thioether (sulfide) groups is 1. The van der Waals surface area contributed by atoms with Gasteiger partial charge in [0.15, 0.2) is 0 Å². The van der Waals surface area contributed by atoms with Crippen molar-refractivity contribution in [2.24, 2.45) is 0 Å². The lowest BCUT2D eigenvalue weighted by Gasteiger charge is -2.07. The smallest absolute Gasteiger partial charge is 0.128 e. The number of ether oxygens (including phenoxy) is 1. The Kier molecular flexibility index (Phi) is 5.69. The first-order valence-corrected chi connectivity index (χ1v) is 9.98. The maximum atomic E-state index is 5.16. The van der Waals surface area contributed by atoms with Crippen LogP contribution in [-0.2, 0) is 11.2 Å². The van der Waals surface area contributed by atoms with Crippen LogP contribution in [0.1, 0.15) is 11.8 Å². The van der Waals surface area contributed by atoms with E-state index in [0.717, 1.165) is 26.5 Å². The number of nitrogens with zero attached hydrogens (tertiary/aromatic N) is 2. The second kappa shape index (κ2) is 7.75. The van der Waals surface area contributed by atoms with Gasteiger partial charge < -0.3 is 4.74 Å². The van der Waals surface area contributed by atoms with Crippen molar-refractivity contribution in [2.75, 3.05) is 19.5 Å². The van der Waals surface area contributed by atoms with Gasteiger partial charge in [-0.2, -0.15) is 0 Å². The number of hydrogen-bond donors (Lipinski definition) is 0. The molecule has 6 heteroatoms. The standard InChI is InChI=1S/C17H17BrN2OS2/c1-3-13-14(11-4-6-12(18)7-5-11)15-16(22-9-8-21-2)19-10-20-17(15)23-13/h4-7,10H,3,8-9H2,1-2H3. The third kappa shape index (κ3) is 3.60. The number of fused-ring (bicyclic) bond motifs is 1. The van der Waals surface area contributed by atoms with Gasteiger partial charge in [-0.3, -0.25) is 0 Å². The minimum absolute atomic E-state index is 0.717. The molecule has 3 rings (SSSR count). The topological polar surface area (TPSA) is 35.0 Å². The molecule has 0 saturated heterocycles. The lowest BCUT2D eigenvalue weighted by molar-refractivity contribution is 0.218. The first-order chi connectivity index (χ1) is 11.2. The zero-order chi connectivity index (χ0) is 16.2. The van der Waals surface area contributed by atoms with Gasteiger partial charge in [-0.25, -0.2) is 9.97 Å². The van der Waals surface area contributed by atoms with Crippen LogP contribution in [0.3, 0.4) is 0 Å². The first kappa shape index (κ1) is 16.9. The average Bonchev–Trinajstić information content (AvgIpc) is 2.95. The highest BCUT2D eigenvalue weighted by Crippen LogP contribution is 2.42. The van der Waals surface area contributed by atoms with E-state index in [9.17, 15) is 0 Å². The Balaban J connectivity index is 2.15. The SMILES string of the molecule is CCc1sc2ncnc(SCCOC)c2c1-c1ccc(Br)cc1. The Labute approximate surface area is 152 Å². The highest BCUT2D eigenvalue weighted by molar-refractivity contribution is 9.10. The fourth-order valence-electron chi connectivity index (χ4n) is 2.45. The summed E-state index contributed by atoms with van der Waals surface area (Å²) in [7, 11) is 1.73. The summed E-state index contributed by atoms with van der Waals surface area (Å²) in [4.78, 5) is 11.4. The van der Waals surface area contributed by atoms with E-state index >= 15 is 0 Å². The molecule has 0 aliphatic rings. The molecule has 0 spiro atoms. The van der Waals surface area contributed by atoms with Crippen molar-refractivity contribution in [1.29, 1.82) is 0 Å². The van der Waals surface area contributed by atoms with Crippen LogP contribution in [0.15, 0.2) is 40.1 Å². The Morgan fingerprint density at radius 3 is 2.70 bits per heavy atom. The van der Waals surface area contributed by atoms with Crippen molar-refractivity contribution < 1.29 is 4.74 Å². The molecule has 0 aliphatic carbocycles. The Hall–Kier alpha value is -0.950. The van der Waals surface area contributed by atoms with Crippen molar-refractivity contribution in [1.82, 2.24) is 9.97 Å². The minimum atomic E-state index is 0.717. The van der Waals surface area contributed by atoms with Gasteiger partial charge in [0, 0.05) is 27.8 Å². The molecular weight excluding hydrogens is 392 g/mol. The molecule has 0 radical (unpaired) electrons. The predicted molar refractivity (Wildman–Crippen MR) is 103 cm³/mol. The van der Waals surface area contributed by atoms with Crippen LogP contribution in [0.25, 0.3) is 21.3 Å². The molecule has 2 aromatic heterocycles. The van der Waals surface area contributed by atoms with Crippen molar-refractivity contribution in [3.8, 4) is 11.1 Å². The Bertz CT molecular complexity index is 802. The van der Waals surface area contributed by atoms with Gasteiger partial charge >= 0.3 is 0 Å². The van der Waals surface area contributed by atoms with Gasteiger partial charge in [0.25, 0.3) is 0 Å². The molecule has 0 saturated carbocycles. The second-order valence-electron chi connectivity index (χ2n) is 4.96. The van der Waals surface area contributed by atoms with Crippen LogP contribution in [-0.4, -0.2) is 29.4 Å². The number of thiophene rings is 1. The van der Waals surface area contributed by atoms with Gasteiger partial charge in [0.1, 0.15) is 16.2 Å². The lowest BCUT2D eigenvalue weighted by Crippen LogP contribution is -1.93. The molecule has 23 heavy (non-hydrogen) atoms. The summed E-state index contributed by atoms with van der Waals surface area (Å²) in [5, 5.41) is 2.22. The summed E-state index contributed by atoms with van der Waals surface area (Å²) in [6.07, 6.45) is 2.66. The molecule has 0 fully saturated rings. The lowest BCUT2D eigenvalue weighted by atomic mass is 10.0. The Morgan fingerprint density at radius 1 is 1.22 bits per heavy atom. The van der Waals surface area contributed by atoms with E-state index in [1.807, 2.05) is 0 Å². The fraction of sp³-hybridized carbons (Fsp3) is 0.294. The monoisotopic (exact) mass is 408 g/mol. The number of methoxy groups -OCH3 is 1. The molecule has 3 aromatic rings. The van der Waals surface area contributed by atoms with Crippen LogP contribution < -0.4 is 0 Å². The molecule has 120 valence electrons. The number of aromatic nitrogens is 2. The fourth-order valence-corrected chi connectivity index (χ4v) is 4.79. The summed E-state index contributed by atoms with van der Waals surface area (Å²) in [6, 6.07) is 8.47. The van der Waals surface area contributed by atoms with Crippen LogP contribution in [0, 0.1) is 0 Å². The van der Waals surface area contributed by atoms with Gasteiger partial charge in [0.2, 0.25) is 0 Å². The van der Waals surface area contributed by atoms with Gasteiger partial charge in [-0.05, 0) is 24.1 Å². The van der Waals surface area contributed by atoms with E-state index in [4.69, 9.17) is 4.74 Å². The van der Waals surface area contributed by atoms with E-state index < -0.39 is 0 Å². The van der Waals surface area contributed by atoms with E-state index in [1.54, 1.807) is 36.5 Å². The molecular formula is C17H17BrN2OS2. The molecule has 3 nitrogen and oxygen atoms in total. The van der Waals surface area contributed by atoms with Crippen molar-refractivity contribution in [3.63, 3.8) is 0 Å². The van der Waals surface area contributed by atoms with Crippen molar-refractivity contribution in [3.05, 3.63) is 39.9 Å². The van der Waals surface area contributed by atoms with Crippen LogP contribution in [0.2, 0.25) is 0 Å². The highest BCUT2D eigenvalue weighted by Gasteiger charge is 2.18. The molecule has 2 heterocycles. The largest absolute Gasteiger partial charge is 0.384 e. The molecule has 0 bridgehead atoms. The van der Waals surface area contributed by atoms with Gasteiger partial charge in [-0.1, -0.05) is 35.0 Å². The molecule has 0 N–H and O–H groups in total. The van der Waals surface area contributed by atoms with E-state index in [-0.39, 0.29) is 0 Å². The highest BCUT2D eigenvalue weighted by atomic mass is 79.9. The molecule has 0 atom stereocenters. The Morgan fingerprint density at radius 2 is 2.00 bits per heavy atom. The third-order valence-electron chi connectivity index (χ3n) is 3.51. The van der Waals surface area contributed by atoms with Crippen LogP contribution in [0.4, 0.5) is 0 Å². The second-order valence-corrected chi connectivity index (χ2v) is 8.04. The van der Waals surface area contributed by atoms with E-state index in [1.165, 1.54) is 21.4 Å². The number of rotatable bonds is 6. The van der Waals surface area contributed by atoms with Crippen molar-refractivity contribution >= 4 is 49.2 Å². The van der Waals surface area contributed by atoms with Crippen LogP contribution >= 0.6 is 39.0 Å². The summed E-state index contributed by atoms with van der Waals surface area (Å²) in [5.74, 6) is 0.889. The van der Waals surface area contributed by atoms with E-state index in [0.29, 0.717) is 6.61 Å². The summed E-state index contributed by atoms with van der Waals surface area (Å²) < 4.78 is 6.25. The van der Waals surface area contributed by atoms with Gasteiger partial charge in [0.05, 0.1) is 12.0 Å². The first-order valence-electron chi connectivity index (χ1n) is 7.38. The number of aryl methyl sites for hydroxylation is 1. The van der Waals surface area contributed by atoms with Gasteiger partial charge in [-0.15, -0.1) is 23.1 Å². The minimum Gasteiger partial charge on any atom is -0.384 e. The summed E-state index contributed by atoms with van der Waals surface area (Å²) >= 11 is 7.01. The third-order valence-corrected chi connectivity index (χ3v) is 6.23. The predicted octanol–water partition coefficient (Wildman–Crippen LogP) is 5.42. The zero-order valence-electron chi connectivity index (χ0n) is 13.0. The van der Waals surface area contributed by atoms with Crippen molar-refractivity contribution in [2.45, 2.75) is 18.4 Å². The molecule has 0 unspecified atom stereocenters. The number of benzene rings is 1. The molecule has 0 aliphatic heterocycles. The summed E-state index contributed by atoms with van der Waals surface area (Å²) in [6.45, 7) is 2.91. The zero-order valence-corrected chi connectivity index (χ0v) is 16.2. The summed E-state index contributed by atoms with van der Waals surface area (Å²) in [5.41, 5.74) is 2.50. The van der Waals surface area contributed by atoms with E-state index in [2.05, 4.69) is 57.1 Å². The number of hydrogen-bond acceptors (Lipinski definition) is 5. The molecule has 1 aromatic carbocycles.